The Morgan fingerprint density at radius 2 is 1.95 bits per heavy atom. The van der Waals surface area contributed by atoms with E-state index >= 15 is 0 Å². The van der Waals surface area contributed by atoms with Crippen molar-refractivity contribution in [3.63, 3.8) is 0 Å². The number of nitrogens with two attached hydrogens (primary N) is 1. The van der Waals surface area contributed by atoms with E-state index in [-0.39, 0.29) is 5.82 Å². The molecule has 0 aliphatic carbocycles. The molecule has 2 nitrogen and oxygen atoms in total. The Hall–Kier alpha value is -0.910. The molecule has 0 aliphatic rings. The Balaban J connectivity index is 2.29. The number of benzene rings is 2. The van der Waals surface area contributed by atoms with E-state index < -0.39 is 6.04 Å². The van der Waals surface area contributed by atoms with Crippen LogP contribution in [-0.2, 0) is 0 Å². The van der Waals surface area contributed by atoms with Crippen LogP contribution in [0.3, 0.4) is 0 Å². The van der Waals surface area contributed by atoms with Crippen molar-refractivity contribution in [2.24, 2.45) is 5.73 Å². The third-order valence-corrected chi connectivity index (χ3v) is 4.33. The third kappa shape index (κ3) is 3.84. The summed E-state index contributed by atoms with van der Waals surface area (Å²) in [6, 6.07) is 10.2. The molecule has 5 heteroatoms. The molecule has 0 saturated heterocycles. The molecule has 0 bridgehead atoms. The quantitative estimate of drug-likeness (QED) is 0.727. The summed E-state index contributed by atoms with van der Waals surface area (Å²) in [6.45, 7) is 2.71. The number of hydrogen-bond donors (Lipinski definition) is 1. The molecule has 2 N–H and O–H groups in total. The Morgan fingerprint density at radius 3 is 2.62 bits per heavy atom. The zero-order chi connectivity index (χ0) is 15.4. The van der Waals surface area contributed by atoms with Crippen LogP contribution in [0.15, 0.2) is 45.3 Å². The number of rotatable bonds is 5. The van der Waals surface area contributed by atoms with Gasteiger partial charge in [0.1, 0.15) is 11.6 Å². The van der Waals surface area contributed by atoms with E-state index in [0.29, 0.717) is 16.6 Å². The van der Waals surface area contributed by atoms with Gasteiger partial charge in [0.15, 0.2) is 0 Å². The van der Waals surface area contributed by atoms with Crippen LogP contribution in [0.5, 0.6) is 5.75 Å². The van der Waals surface area contributed by atoms with Crippen LogP contribution in [-0.4, -0.2) is 6.61 Å². The highest BCUT2D eigenvalue weighted by molar-refractivity contribution is 9.10. The van der Waals surface area contributed by atoms with Crippen molar-refractivity contribution in [2.75, 3.05) is 6.61 Å². The lowest BCUT2D eigenvalue weighted by molar-refractivity contribution is 0.315. The minimum atomic E-state index is -0.529. The van der Waals surface area contributed by atoms with Crippen molar-refractivity contribution in [3.05, 3.63) is 62.3 Å². The van der Waals surface area contributed by atoms with Crippen molar-refractivity contribution in [1.82, 2.24) is 0 Å². The van der Waals surface area contributed by atoms with Gasteiger partial charge in [0.05, 0.1) is 21.6 Å². The highest BCUT2D eigenvalue weighted by Gasteiger charge is 2.16. The summed E-state index contributed by atoms with van der Waals surface area (Å²) in [5.74, 6) is 0.440. The van der Waals surface area contributed by atoms with Crippen LogP contribution in [0.4, 0.5) is 4.39 Å². The van der Waals surface area contributed by atoms with Gasteiger partial charge in [0.2, 0.25) is 0 Å². The van der Waals surface area contributed by atoms with E-state index in [9.17, 15) is 4.39 Å². The van der Waals surface area contributed by atoms with E-state index in [2.05, 4.69) is 31.9 Å². The van der Waals surface area contributed by atoms with Gasteiger partial charge >= 0.3 is 0 Å². The lowest BCUT2D eigenvalue weighted by atomic mass is 9.99. The Bertz CT molecular complexity index is 634. The molecular weight excluding hydrogens is 401 g/mol. The first-order chi connectivity index (χ1) is 10.0. The molecule has 0 spiro atoms. The van der Waals surface area contributed by atoms with Gasteiger partial charge in [-0.15, -0.1) is 0 Å². The van der Waals surface area contributed by atoms with E-state index in [1.54, 1.807) is 18.2 Å². The molecule has 0 aromatic heterocycles. The standard InChI is InChI=1S/C16H16Br2FNO/c1-2-8-21-14-7-6-10(9-13(14)18)16(20)11-4-3-5-12(17)15(11)19/h3-7,9,16H,2,8,20H2,1H3. The van der Waals surface area contributed by atoms with Gasteiger partial charge in [0, 0.05) is 5.56 Å². The fourth-order valence-corrected chi connectivity index (χ4v) is 2.87. The first-order valence-electron chi connectivity index (χ1n) is 6.66. The smallest absolute Gasteiger partial charge is 0.142 e. The summed E-state index contributed by atoms with van der Waals surface area (Å²) in [5, 5.41) is 0. The summed E-state index contributed by atoms with van der Waals surface area (Å²) in [6.07, 6.45) is 0.941. The van der Waals surface area contributed by atoms with Crippen LogP contribution in [0.2, 0.25) is 0 Å². The van der Waals surface area contributed by atoms with E-state index in [1.165, 1.54) is 0 Å². The summed E-state index contributed by atoms with van der Waals surface area (Å²) in [4.78, 5) is 0. The molecule has 0 aliphatic heterocycles. The van der Waals surface area contributed by atoms with Crippen molar-refractivity contribution >= 4 is 31.9 Å². The van der Waals surface area contributed by atoms with Crippen molar-refractivity contribution in [2.45, 2.75) is 19.4 Å². The zero-order valence-corrected chi connectivity index (χ0v) is 14.7. The molecule has 21 heavy (non-hydrogen) atoms. The third-order valence-electron chi connectivity index (χ3n) is 3.09. The SMILES string of the molecule is CCCOc1ccc(C(N)c2cccc(Br)c2F)cc1Br. The lowest BCUT2D eigenvalue weighted by Gasteiger charge is -2.16. The average Bonchev–Trinajstić information content (AvgIpc) is 2.48. The predicted octanol–water partition coefficient (Wildman–Crippen LogP) is 5.19. The Morgan fingerprint density at radius 1 is 1.19 bits per heavy atom. The van der Waals surface area contributed by atoms with Crippen molar-refractivity contribution < 1.29 is 9.13 Å². The molecule has 0 heterocycles. The first-order valence-corrected chi connectivity index (χ1v) is 8.25. The van der Waals surface area contributed by atoms with Gasteiger partial charge in [-0.05, 0) is 62.0 Å². The molecule has 1 atom stereocenters. The fourth-order valence-electron chi connectivity index (χ4n) is 1.98. The second-order valence-corrected chi connectivity index (χ2v) is 6.37. The maximum Gasteiger partial charge on any atom is 0.142 e. The number of hydrogen-bond acceptors (Lipinski definition) is 2. The Kier molecular flexibility index (Phi) is 5.79. The van der Waals surface area contributed by atoms with Gasteiger partial charge in [-0.1, -0.05) is 25.1 Å². The van der Waals surface area contributed by atoms with Crippen LogP contribution in [0.1, 0.15) is 30.5 Å². The topological polar surface area (TPSA) is 35.2 Å². The second kappa shape index (κ2) is 7.38. The molecule has 2 aromatic carbocycles. The zero-order valence-electron chi connectivity index (χ0n) is 11.6. The van der Waals surface area contributed by atoms with Crippen molar-refractivity contribution in [1.29, 1.82) is 0 Å². The normalized spacial score (nSPS) is 12.2. The van der Waals surface area contributed by atoms with E-state index in [4.69, 9.17) is 10.5 Å². The fraction of sp³-hybridized carbons (Fsp3) is 0.250. The lowest BCUT2D eigenvalue weighted by Crippen LogP contribution is -2.14. The molecule has 0 saturated carbocycles. The maximum atomic E-state index is 14.1. The largest absolute Gasteiger partial charge is 0.492 e. The summed E-state index contributed by atoms with van der Waals surface area (Å²) < 4.78 is 21.0. The summed E-state index contributed by atoms with van der Waals surface area (Å²) in [7, 11) is 0. The minimum absolute atomic E-state index is 0.326. The molecule has 112 valence electrons. The van der Waals surface area contributed by atoms with Crippen LogP contribution in [0.25, 0.3) is 0 Å². The predicted molar refractivity (Wildman–Crippen MR) is 90.1 cm³/mol. The number of halogens is 3. The van der Waals surface area contributed by atoms with Gasteiger partial charge in [-0.2, -0.15) is 0 Å². The maximum absolute atomic E-state index is 14.1. The van der Waals surface area contributed by atoms with Crippen LogP contribution < -0.4 is 10.5 Å². The highest BCUT2D eigenvalue weighted by Crippen LogP contribution is 2.32. The summed E-state index contributed by atoms with van der Waals surface area (Å²) >= 11 is 6.65. The number of ether oxygens (including phenoxy) is 1. The Labute approximate surface area is 140 Å². The van der Waals surface area contributed by atoms with E-state index in [0.717, 1.165) is 22.2 Å². The monoisotopic (exact) mass is 415 g/mol. The molecule has 2 aromatic rings. The summed E-state index contributed by atoms with van der Waals surface area (Å²) in [5.41, 5.74) is 7.46. The van der Waals surface area contributed by atoms with Gasteiger partial charge in [0.25, 0.3) is 0 Å². The minimum Gasteiger partial charge on any atom is -0.492 e. The van der Waals surface area contributed by atoms with Crippen molar-refractivity contribution in [3.8, 4) is 5.75 Å². The molecule has 0 radical (unpaired) electrons. The molecule has 1 unspecified atom stereocenters. The van der Waals surface area contributed by atoms with Gasteiger partial charge < -0.3 is 10.5 Å². The van der Waals surface area contributed by atoms with Crippen LogP contribution >= 0.6 is 31.9 Å². The van der Waals surface area contributed by atoms with E-state index in [1.807, 2.05) is 25.1 Å². The van der Waals surface area contributed by atoms with Crippen LogP contribution in [0, 0.1) is 5.82 Å². The molecule has 0 amide bonds. The highest BCUT2D eigenvalue weighted by atomic mass is 79.9. The average molecular weight is 417 g/mol. The molecular formula is C16H16Br2FNO. The molecule has 2 rings (SSSR count). The first kappa shape index (κ1) is 16.5. The molecule has 0 fully saturated rings. The second-order valence-electron chi connectivity index (χ2n) is 4.66. The van der Waals surface area contributed by atoms with Gasteiger partial charge in [-0.25, -0.2) is 4.39 Å². The van der Waals surface area contributed by atoms with Gasteiger partial charge in [-0.3, -0.25) is 0 Å².